The van der Waals surface area contributed by atoms with Gasteiger partial charge in [0.1, 0.15) is 6.73 Å². The Morgan fingerprint density at radius 2 is 0.946 bits per heavy atom. The lowest BCUT2D eigenvalue weighted by Crippen LogP contribution is -2.30. The summed E-state index contributed by atoms with van der Waals surface area (Å²) in [4.78, 5) is 49.5. The van der Waals surface area contributed by atoms with Gasteiger partial charge in [-0.25, -0.2) is 8.78 Å². The number of hydrogen-bond acceptors (Lipinski definition) is 11. The van der Waals surface area contributed by atoms with Crippen molar-refractivity contribution in [3.05, 3.63) is 118 Å². The van der Waals surface area contributed by atoms with Crippen LogP contribution >= 0.6 is 0 Å². The minimum atomic E-state index is -4.67. The number of amides is 4. The Kier molecular flexibility index (Phi) is 16.4. The summed E-state index contributed by atoms with van der Waals surface area (Å²) in [5.74, 6) is -1.75. The zero-order valence-electron chi connectivity index (χ0n) is 30.7. The normalized spacial score (nSPS) is 12.7. The van der Waals surface area contributed by atoms with Gasteiger partial charge in [0.15, 0.2) is 34.6 Å². The fourth-order valence-corrected chi connectivity index (χ4v) is 5.21. The van der Waals surface area contributed by atoms with E-state index in [1.54, 1.807) is 80.6 Å². The maximum absolute atomic E-state index is 14.8. The van der Waals surface area contributed by atoms with Gasteiger partial charge in [0.2, 0.25) is 0 Å². The molecular weight excluding hydrogens is 762 g/mol. The van der Waals surface area contributed by atoms with Crippen LogP contribution in [0.3, 0.4) is 0 Å². The molecule has 4 aromatic rings. The third-order valence-corrected chi connectivity index (χ3v) is 7.48. The van der Waals surface area contributed by atoms with Crippen LogP contribution in [0.1, 0.15) is 74.7 Å². The Balaban J connectivity index is 0.000000229. The van der Waals surface area contributed by atoms with Gasteiger partial charge in [-0.1, -0.05) is 36.4 Å². The van der Waals surface area contributed by atoms with Crippen molar-refractivity contribution in [2.24, 2.45) is 0 Å². The van der Waals surface area contributed by atoms with Crippen molar-refractivity contribution in [2.45, 2.75) is 34.2 Å². The molecule has 0 saturated heterocycles. The Morgan fingerprint density at radius 1 is 0.554 bits per heavy atom. The summed E-state index contributed by atoms with van der Waals surface area (Å²) in [5.41, 5.74) is 1.59. The van der Waals surface area contributed by atoms with Crippen LogP contribution in [0.5, 0.6) is 23.0 Å². The van der Waals surface area contributed by atoms with Crippen molar-refractivity contribution in [1.29, 1.82) is 0 Å². The number of rotatable bonds is 11. The quantitative estimate of drug-likeness (QED) is 0.125. The highest BCUT2D eigenvalue weighted by Gasteiger charge is 2.36. The number of carbonyl (C=O) groups is 4. The van der Waals surface area contributed by atoms with Crippen LogP contribution in [0, 0.1) is 11.6 Å². The lowest BCUT2D eigenvalue weighted by Gasteiger charge is -2.17. The average Bonchev–Trinajstić information content (AvgIpc) is 3.55. The summed E-state index contributed by atoms with van der Waals surface area (Å²) in [6, 6.07) is 20.8. The van der Waals surface area contributed by atoms with Crippen LogP contribution in [-0.2, 0) is 16.9 Å². The second kappa shape index (κ2) is 20.7. The number of aliphatic hydroxyl groups is 1. The average molecular weight is 803 g/mol. The molecule has 2 aliphatic heterocycles. The van der Waals surface area contributed by atoms with Crippen LogP contribution < -0.4 is 18.9 Å². The Morgan fingerprint density at radius 3 is 1.36 bits per heavy atom. The van der Waals surface area contributed by atoms with Gasteiger partial charge in [-0.15, -0.1) is 0 Å². The first-order chi connectivity index (χ1) is 26.6. The Hall–Kier alpha value is -5.95. The van der Waals surface area contributed by atoms with Gasteiger partial charge in [-0.05, 0) is 70.2 Å². The Labute approximate surface area is 321 Å². The maximum atomic E-state index is 14.8. The Bertz CT molecular complexity index is 2070. The number of aliphatic hydroxyl groups excluding tert-OH is 1. The predicted octanol–water partition coefficient (Wildman–Crippen LogP) is 5.62. The van der Waals surface area contributed by atoms with Crippen molar-refractivity contribution < 1.29 is 69.5 Å². The van der Waals surface area contributed by atoms with Crippen LogP contribution in [-0.4, -0.2) is 89.2 Å². The van der Waals surface area contributed by atoms with E-state index in [0.29, 0.717) is 53.6 Å². The highest BCUT2D eigenvalue weighted by atomic mass is 32.3. The van der Waals surface area contributed by atoms with Crippen molar-refractivity contribution in [1.82, 2.24) is 9.80 Å². The minimum Gasteiger partial charge on any atom is -0.490 e. The van der Waals surface area contributed by atoms with E-state index in [1.165, 1.54) is 12.1 Å². The molecule has 0 aliphatic carbocycles. The van der Waals surface area contributed by atoms with E-state index in [9.17, 15) is 28.0 Å². The molecule has 0 aromatic heterocycles. The van der Waals surface area contributed by atoms with Crippen molar-refractivity contribution in [3.8, 4) is 23.0 Å². The SMILES string of the molecule is CCOc1ccc(CN2C(=O)c3ccccc3C2=O)c(F)c1OCC.CCOc1cccc(F)c1OCC.O=C1c2ccccc2C(=O)N1CO.O=S(=O)(O)O. The number of ether oxygens (including phenoxy) is 4. The molecule has 0 bridgehead atoms. The number of para-hydroxylation sites is 1. The molecule has 3 N–H and O–H groups in total. The second-order valence-electron chi connectivity index (χ2n) is 11.1. The number of imide groups is 2. The number of fused-ring (bicyclic) bond motifs is 2. The number of nitrogens with zero attached hydrogens (tertiary/aromatic N) is 2. The van der Waals surface area contributed by atoms with Gasteiger partial charge in [-0.2, -0.15) is 8.42 Å². The molecule has 2 aliphatic rings. The lowest BCUT2D eigenvalue weighted by atomic mass is 10.1. The first-order valence-corrected chi connectivity index (χ1v) is 18.3. The molecule has 6 rings (SSSR count). The lowest BCUT2D eigenvalue weighted by molar-refractivity contribution is 0.0488. The van der Waals surface area contributed by atoms with Crippen LogP contribution in [0.2, 0.25) is 0 Å². The van der Waals surface area contributed by atoms with E-state index >= 15 is 0 Å². The molecule has 4 amide bonds. The summed E-state index contributed by atoms with van der Waals surface area (Å²) in [6.07, 6.45) is 0. The van der Waals surface area contributed by atoms with Gasteiger partial charge < -0.3 is 24.1 Å². The van der Waals surface area contributed by atoms with Crippen molar-refractivity contribution in [3.63, 3.8) is 0 Å². The molecule has 0 atom stereocenters. The zero-order valence-corrected chi connectivity index (χ0v) is 31.5. The molecule has 2 heterocycles. The predicted molar refractivity (Wildman–Crippen MR) is 196 cm³/mol. The van der Waals surface area contributed by atoms with Crippen LogP contribution in [0.4, 0.5) is 8.78 Å². The van der Waals surface area contributed by atoms with E-state index in [-0.39, 0.29) is 36.0 Å². The molecule has 15 nitrogen and oxygen atoms in total. The maximum Gasteiger partial charge on any atom is 0.394 e. The van der Waals surface area contributed by atoms with Gasteiger partial charge >= 0.3 is 10.4 Å². The summed E-state index contributed by atoms with van der Waals surface area (Å²) in [7, 11) is -4.67. The summed E-state index contributed by atoms with van der Waals surface area (Å²) in [6.45, 7) is 8.04. The topological polar surface area (TPSA) is 207 Å². The minimum absolute atomic E-state index is 0.00143. The van der Waals surface area contributed by atoms with Gasteiger partial charge in [0, 0.05) is 5.56 Å². The second-order valence-corrected chi connectivity index (χ2v) is 12.0. The molecule has 56 heavy (non-hydrogen) atoms. The monoisotopic (exact) mass is 802 g/mol. The first kappa shape index (κ1) is 44.4. The van der Waals surface area contributed by atoms with Gasteiger partial charge in [-0.3, -0.25) is 38.1 Å². The third kappa shape index (κ3) is 11.3. The van der Waals surface area contributed by atoms with E-state index in [2.05, 4.69) is 0 Å². The molecular formula is C38H40F2N2O13S. The standard InChI is InChI=1S/C19H18FNO4.C10H13FO2.C9H7NO3.H2O4S/c1-3-24-15-10-9-12(16(20)17(15)25-4-2)11-21-18(22)13-7-5-6-8-14(13)19(21)23;1-3-12-9-7-5-6-8(11)10(9)13-4-2;11-5-10-8(12)6-3-1-2-4-7(6)9(10)13;1-5(2,3)4/h5-10H,3-4,11H2,1-2H3;5-7H,3-4H2,1-2H3;1-4,11H,5H2;(H2,1,2,3,4). The molecule has 300 valence electrons. The smallest absolute Gasteiger partial charge is 0.394 e. The molecule has 0 fully saturated rings. The van der Waals surface area contributed by atoms with Gasteiger partial charge in [0.25, 0.3) is 23.6 Å². The zero-order chi connectivity index (χ0) is 41.6. The molecule has 0 spiro atoms. The number of carbonyl (C=O) groups excluding carboxylic acids is 4. The molecule has 4 aromatic carbocycles. The fraction of sp³-hybridized carbons (Fsp3) is 0.263. The first-order valence-electron chi connectivity index (χ1n) is 16.9. The van der Waals surface area contributed by atoms with Crippen molar-refractivity contribution >= 4 is 34.0 Å². The van der Waals surface area contributed by atoms with E-state index in [0.717, 1.165) is 9.80 Å². The molecule has 0 unspecified atom stereocenters. The number of hydrogen-bond donors (Lipinski definition) is 3. The van der Waals surface area contributed by atoms with E-state index in [1.807, 2.05) is 13.8 Å². The fourth-order valence-electron chi connectivity index (χ4n) is 5.21. The van der Waals surface area contributed by atoms with E-state index in [4.69, 9.17) is 41.6 Å². The van der Waals surface area contributed by atoms with Crippen molar-refractivity contribution in [2.75, 3.05) is 33.2 Å². The number of halogens is 2. The molecule has 0 saturated carbocycles. The van der Waals surface area contributed by atoms with Crippen LogP contribution in [0.25, 0.3) is 0 Å². The largest absolute Gasteiger partial charge is 0.490 e. The molecule has 0 radical (unpaired) electrons. The highest BCUT2D eigenvalue weighted by Crippen LogP contribution is 2.35. The summed E-state index contributed by atoms with van der Waals surface area (Å²) in [5, 5.41) is 8.76. The van der Waals surface area contributed by atoms with Crippen LogP contribution in [0.15, 0.2) is 78.9 Å². The summed E-state index contributed by atoms with van der Waals surface area (Å²) < 4.78 is 80.6. The number of benzene rings is 4. The summed E-state index contributed by atoms with van der Waals surface area (Å²) >= 11 is 0. The van der Waals surface area contributed by atoms with Gasteiger partial charge in [0.05, 0.1) is 55.2 Å². The van der Waals surface area contributed by atoms with E-state index < -0.39 is 46.6 Å². The highest BCUT2D eigenvalue weighted by molar-refractivity contribution is 7.79. The molecule has 18 heteroatoms. The third-order valence-electron chi connectivity index (χ3n) is 7.48.